The number of aromatic nitrogens is 1. The van der Waals surface area contributed by atoms with Crippen molar-refractivity contribution in [2.24, 2.45) is 0 Å². The van der Waals surface area contributed by atoms with Crippen molar-refractivity contribution in [3.05, 3.63) is 41.7 Å². The van der Waals surface area contributed by atoms with Gasteiger partial charge in [0, 0.05) is 31.8 Å². The van der Waals surface area contributed by atoms with Crippen LogP contribution >= 0.6 is 0 Å². The van der Waals surface area contributed by atoms with Crippen LogP contribution in [0.4, 0.5) is 0 Å². The standard InChI is InChI=1S/C21H27N3O5.CH2O2/c1-14-18(19(23-29-14)15-5-3-2-4-6-15)21(26)22-16-7-10-28-17(20(16)25)13-24-8-11-27-12-9-24;2-1-3/h2-6,16-17,20,25H,7-13H2,1H3,(H,22,26);1H,(H,2,3)/t16-,17+,20-;/m0./s1. The molecule has 1 aromatic heterocycles. The third kappa shape index (κ3) is 5.92. The number of aryl methyl sites for hydroxylation is 1. The van der Waals surface area contributed by atoms with Gasteiger partial charge in [-0.25, -0.2) is 0 Å². The minimum absolute atomic E-state index is 0.250. The number of morpholine rings is 1. The normalized spacial score (nSPS) is 23.6. The molecule has 10 heteroatoms. The van der Waals surface area contributed by atoms with E-state index in [4.69, 9.17) is 23.9 Å². The highest BCUT2D eigenvalue weighted by Gasteiger charge is 2.36. The van der Waals surface area contributed by atoms with Gasteiger partial charge >= 0.3 is 0 Å². The Morgan fingerprint density at radius 1 is 1.25 bits per heavy atom. The molecule has 2 aliphatic rings. The molecule has 3 N–H and O–H groups in total. The number of ether oxygens (including phenoxy) is 2. The average Bonchev–Trinajstić information content (AvgIpc) is 3.20. The summed E-state index contributed by atoms with van der Waals surface area (Å²) < 4.78 is 16.5. The molecule has 174 valence electrons. The van der Waals surface area contributed by atoms with Crippen LogP contribution in [-0.4, -0.2) is 90.4 Å². The van der Waals surface area contributed by atoms with E-state index in [0.717, 1.165) is 18.7 Å². The lowest BCUT2D eigenvalue weighted by atomic mass is 9.98. The van der Waals surface area contributed by atoms with Crippen LogP contribution in [-0.2, 0) is 14.3 Å². The number of hydrogen-bond acceptors (Lipinski definition) is 8. The first kappa shape index (κ1) is 23.9. The molecule has 3 atom stereocenters. The van der Waals surface area contributed by atoms with E-state index in [1.54, 1.807) is 6.92 Å². The third-order valence-electron chi connectivity index (χ3n) is 5.55. The quantitative estimate of drug-likeness (QED) is 0.572. The van der Waals surface area contributed by atoms with Gasteiger partial charge in [0.2, 0.25) is 0 Å². The predicted molar refractivity (Wildman–Crippen MR) is 114 cm³/mol. The minimum Gasteiger partial charge on any atom is -0.483 e. The van der Waals surface area contributed by atoms with E-state index in [1.165, 1.54) is 0 Å². The van der Waals surface area contributed by atoms with Crippen LogP contribution in [0.3, 0.4) is 0 Å². The fourth-order valence-electron chi connectivity index (χ4n) is 3.90. The van der Waals surface area contributed by atoms with Gasteiger partial charge in [0.1, 0.15) is 23.1 Å². The maximum atomic E-state index is 13.0. The number of hydrogen-bond donors (Lipinski definition) is 3. The third-order valence-corrected chi connectivity index (χ3v) is 5.55. The number of carbonyl (C=O) groups is 2. The first-order valence-corrected chi connectivity index (χ1v) is 10.5. The van der Waals surface area contributed by atoms with Crippen molar-refractivity contribution in [1.82, 2.24) is 15.4 Å². The van der Waals surface area contributed by atoms with E-state index in [2.05, 4.69) is 15.4 Å². The summed E-state index contributed by atoms with van der Waals surface area (Å²) in [4.78, 5) is 23.6. The molecule has 0 bridgehead atoms. The second-order valence-corrected chi connectivity index (χ2v) is 7.62. The molecule has 2 aromatic rings. The second-order valence-electron chi connectivity index (χ2n) is 7.62. The smallest absolute Gasteiger partial charge is 0.290 e. The molecule has 0 spiro atoms. The summed E-state index contributed by atoms with van der Waals surface area (Å²) in [6.07, 6.45) is -0.572. The Balaban J connectivity index is 0.000000913. The maximum Gasteiger partial charge on any atom is 0.290 e. The minimum atomic E-state index is -0.782. The lowest BCUT2D eigenvalue weighted by molar-refractivity contribution is -0.122. The van der Waals surface area contributed by atoms with Crippen LogP contribution in [0.15, 0.2) is 34.9 Å². The summed E-state index contributed by atoms with van der Waals surface area (Å²) in [5.41, 5.74) is 1.72. The summed E-state index contributed by atoms with van der Waals surface area (Å²) in [7, 11) is 0. The van der Waals surface area contributed by atoms with Gasteiger partial charge in [-0.05, 0) is 13.3 Å². The number of rotatable bonds is 5. The molecule has 4 rings (SSSR count). The fraction of sp³-hybridized carbons (Fsp3) is 0.500. The number of amides is 1. The van der Waals surface area contributed by atoms with E-state index < -0.39 is 6.10 Å². The van der Waals surface area contributed by atoms with E-state index >= 15 is 0 Å². The molecule has 0 saturated carbocycles. The van der Waals surface area contributed by atoms with Crippen molar-refractivity contribution < 1.29 is 33.8 Å². The molecular weight excluding hydrogens is 418 g/mol. The second kappa shape index (κ2) is 11.7. The van der Waals surface area contributed by atoms with Crippen molar-refractivity contribution in [3.63, 3.8) is 0 Å². The van der Waals surface area contributed by atoms with Crippen molar-refractivity contribution in [3.8, 4) is 11.3 Å². The summed E-state index contributed by atoms with van der Waals surface area (Å²) in [6.45, 7) is 5.61. The molecule has 32 heavy (non-hydrogen) atoms. The van der Waals surface area contributed by atoms with Gasteiger partial charge in [-0.1, -0.05) is 35.5 Å². The highest BCUT2D eigenvalue weighted by molar-refractivity contribution is 6.00. The van der Waals surface area contributed by atoms with E-state index in [9.17, 15) is 9.90 Å². The van der Waals surface area contributed by atoms with Gasteiger partial charge in [0.25, 0.3) is 12.4 Å². The zero-order valence-electron chi connectivity index (χ0n) is 18.0. The number of nitrogens with zero attached hydrogens (tertiary/aromatic N) is 2. The lowest BCUT2D eigenvalue weighted by Crippen LogP contribution is -2.57. The molecule has 0 unspecified atom stereocenters. The van der Waals surface area contributed by atoms with Crippen molar-refractivity contribution in [1.29, 1.82) is 0 Å². The monoisotopic (exact) mass is 447 g/mol. The van der Waals surface area contributed by atoms with Crippen LogP contribution in [0.2, 0.25) is 0 Å². The largest absolute Gasteiger partial charge is 0.483 e. The first-order chi connectivity index (χ1) is 15.5. The van der Waals surface area contributed by atoms with Crippen LogP contribution in [0.1, 0.15) is 22.5 Å². The summed E-state index contributed by atoms with van der Waals surface area (Å²) >= 11 is 0. The number of carboxylic acid groups (broad SMARTS) is 1. The van der Waals surface area contributed by atoms with Crippen LogP contribution in [0, 0.1) is 6.92 Å². The SMILES string of the molecule is Cc1onc(-c2ccccc2)c1C(=O)N[C@H]1CCO[C@H](CN2CCOCC2)[C@H]1O.O=CO. The van der Waals surface area contributed by atoms with E-state index in [0.29, 0.717) is 49.8 Å². The zero-order valence-corrected chi connectivity index (χ0v) is 18.0. The van der Waals surface area contributed by atoms with Gasteiger partial charge in [0.05, 0.1) is 25.4 Å². The van der Waals surface area contributed by atoms with E-state index in [-0.39, 0.29) is 24.5 Å². The summed E-state index contributed by atoms with van der Waals surface area (Å²) in [5, 5.41) is 24.8. The predicted octanol–water partition coefficient (Wildman–Crippen LogP) is 0.931. The molecular formula is C22H29N3O7. The Hall–Kier alpha value is -2.79. The summed E-state index contributed by atoms with van der Waals surface area (Å²) in [5.74, 6) is 0.159. The molecule has 0 radical (unpaired) electrons. The van der Waals surface area contributed by atoms with Gasteiger partial charge in [-0.3, -0.25) is 14.5 Å². The Morgan fingerprint density at radius 2 is 1.94 bits per heavy atom. The van der Waals surface area contributed by atoms with Gasteiger partial charge < -0.3 is 29.5 Å². The van der Waals surface area contributed by atoms with Crippen molar-refractivity contribution >= 4 is 12.4 Å². The molecule has 10 nitrogen and oxygen atoms in total. The molecule has 2 aliphatic heterocycles. The highest BCUT2D eigenvalue weighted by Crippen LogP contribution is 2.26. The number of carbonyl (C=O) groups excluding carboxylic acids is 1. The average molecular weight is 447 g/mol. The van der Waals surface area contributed by atoms with Crippen molar-refractivity contribution in [2.75, 3.05) is 39.5 Å². The Kier molecular flexibility index (Phi) is 8.74. The van der Waals surface area contributed by atoms with Crippen LogP contribution in [0.25, 0.3) is 11.3 Å². The number of benzene rings is 1. The van der Waals surface area contributed by atoms with Gasteiger partial charge in [0.15, 0.2) is 0 Å². The fourth-order valence-corrected chi connectivity index (χ4v) is 3.90. The lowest BCUT2D eigenvalue weighted by Gasteiger charge is -2.38. The molecule has 2 saturated heterocycles. The summed E-state index contributed by atoms with van der Waals surface area (Å²) in [6, 6.07) is 9.06. The molecule has 1 aromatic carbocycles. The van der Waals surface area contributed by atoms with Crippen LogP contribution in [0.5, 0.6) is 0 Å². The molecule has 3 heterocycles. The number of nitrogens with one attached hydrogen (secondary N) is 1. The van der Waals surface area contributed by atoms with Crippen molar-refractivity contribution in [2.45, 2.75) is 31.6 Å². The van der Waals surface area contributed by atoms with Gasteiger partial charge in [-0.15, -0.1) is 0 Å². The van der Waals surface area contributed by atoms with Crippen LogP contribution < -0.4 is 5.32 Å². The first-order valence-electron chi connectivity index (χ1n) is 10.5. The van der Waals surface area contributed by atoms with Gasteiger partial charge in [-0.2, -0.15) is 0 Å². The Labute approximate surface area is 186 Å². The zero-order chi connectivity index (χ0) is 22.9. The molecule has 0 aliphatic carbocycles. The molecule has 2 fully saturated rings. The molecule has 1 amide bonds. The maximum absolute atomic E-state index is 13.0. The number of aliphatic hydroxyl groups is 1. The Morgan fingerprint density at radius 3 is 2.62 bits per heavy atom. The number of aliphatic hydroxyl groups excluding tert-OH is 1. The highest BCUT2D eigenvalue weighted by atomic mass is 16.5. The Bertz CT molecular complexity index is 868. The van der Waals surface area contributed by atoms with E-state index in [1.807, 2.05) is 30.3 Å². The topological polar surface area (TPSA) is 134 Å².